The first-order chi connectivity index (χ1) is 26.5. The van der Waals surface area contributed by atoms with Crippen molar-refractivity contribution >= 4 is 47.2 Å². The van der Waals surface area contributed by atoms with Crippen LogP contribution in [0.25, 0.3) is 32.4 Å². The molecule has 0 radical (unpaired) electrons. The number of benzene rings is 2. The second-order valence-corrected chi connectivity index (χ2v) is 15.7. The fourth-order valence-electron chi connectivity index (χ4n) is 6.09. The van der Waals surface area contributed by atoms with Crippen LogP contribution in [0, 0.1) is 0 Å². The van der Waals surface area contributed by atoms with Gasteiger partial charge in [-0.15, -0.1) is 0 Å². The molecule has 16 nitrogen and oxygen atoms in total. The van der Waals surface area contributed by atoms with E-state index < -0.39 is 25.6 Å². The van der Waals surface area contributed by atoms with Crippen LogP contribution in [-0.2, 0) is 30.2 Å². The van der Waals surface area contributed by atoms with Gasteiger partial charge in [0.15, 0.2) is 11.5 Å². The summed E-state index contributed by atoms with van der Waals surface area (Å²) < 4.78 is 40.1. The van der Waals surface area contributed by atoms with Crippen LogP contribution in [0.1, 0.15) is 98.3 Å². The monoisotopic (exact) mass is 779 g/mol. The summed E-state index contributed by atoms with van der Waals surface area (Å²) in [6.07, 6.45) is 11.5. The number of ether oxygens (including phenoxy) is 3. The van der Waals surface area contributed by atoms with Crippen LogP contribution in [0.15, 0.2) is 54.2 Å². The Balaban J connectivity index is 1.42. The average molecular weight is 780 g/mol. The Labute approximate surface area is 322 Å². The number of nitrogens with two attached hydrogens (primary N) is 1. The number of aromatic nitrogens is 4. The lowest BCUT2D eigenvalue weighted by Gasteiger charge is -2.26. The van der Waals surface area contributed by atoms with Crippen LogP contribution in [0.2, 0.25) is 0 Å². The molecule has 55 heavy (non-hydrogen) atoms. The number of rotatable bonds is 25. The fraction of sp³-hybridized carbons (Fsp3) is 0.553. The van der Waals surface area contributed by atoms with Gasteiger partial charge in [-0.2, -0.15) is 0 Å². The molecule has 0 saturated heterocycles. The molecule has 2 aromatic heterocycles. The molecule has 0 aliphatic carbocycles. The number of esters is 2. The predicted molar refractivity (Wildman–Crippen MR) is 212 cm³/mol. The highest BCUT2D eigenvalue weighted by molar-refractivity contribution is 7.57. The number of unbranched alkanes of at least 4 members (excludes halogenated alkanes) is 7. The van der Waals surface area contributed by atoms with Crippen molar-refractivity contribution < 1.29 is 32.9 Å². The van der Waals surface area contributed by atoms with Gasteiger partial charge < -0.3 is 29.0 Å². The van der Waals surface area contributed by atoms with Crippen LogP contribution in [0.3, 0.4) is 0 Å². The molecule has 0 fully saturated rings. The molecular formula is C38H54N9O7P. The van der Waals surface area contributed by atoms with Gasteiger partial charge >= 0.3 is 19.5 Å². The number of fused-ring (bicyclic) bond motifs is 2. The van der Waals surface area contributed by atoms with E-state index in [-0.39, 0.29) is 36.4 Å². The quantitative estimate of drug-likeness (QED) is 0.0123. The van der Waals surface area contributed by atoms with Crippen molar-refractivity contribution in [1.29, 1.82) is 0 Å². The van der Waals surface area contributed by atoms with E-state index in [4.69, 9.17) is 30.0 Å². The third-order valence-corrected chi connectivity index (χ3v) is 10.7. The Morgan fingerprint density at radius 3 is 2.33 bits per heavy atom. The first-order valence-electron chi connectivity index (χ1n) is 19.1. The smallest absolute Gasteiger partial charge is 0.342 e. The maximum atomic E-state index is 14.6. The lowest BCUT2D eigenvalue weighted by atomic mass is 10.1. The summed E-state index contributed by atoms with van der Waals surface area (Å²) in [5.74, 6) is -0.0216. The zero-order valence-corrected chi connectivity index (χ0v) is 33.2. The first kappa shape index (κ1) is 43.0. The van der Waals surface area contributed by atoms with Gasteiger partial charge in [0.25, 0.3) is 0 Å². The number of nitrogen functional groups attached to an aromatic ring is 1. The number of carbonyl (C=O) groups is 2. The molecule has 4 rings (SSSR count). The number of anilines is 1. The Bertz CT molecular complexity index is 1950. The SMILES string of the molecule is CCC[C@H](C)OC(=O)[C@H](C)NP(=O)(CO[C@H](C)Cn1cnc2c(N)ncnc21)Oc1ccc(OC(=O)CCCCCCCCCCN=[N+]=[N-])c2ccccc12. The highest BCUT2D eigenvalue weighted by Gasteiger charge is 2.33. The molecule has 0 aliphatic rings. The number of hydrogen-bond acceptors (Lipinski definition) is 12. The molecule has 1 unspecified atom stereocenters. The van der Waals surface area contributed by atoms with Crippen LogP contribution in [-0.4, -0.2) is 62.6 Å². The van der Waals surface area contributed by atoms with Gasteiger partial charge in [0, 0.05) is 28.6 Å². The van der Waals surface area contributed by atoms with Gasteiger partial charge in [-0.1, -0.05) is 81.2 Å². The molecule has 2 heterocycles. The maximum absolute atomic E-state index is 14.6. The van der Waals surface area contributed by atoms with Gasteiger partial charge in [0.1, 0.15) is 35.7 Å². The van der Waals surface area contributed by atoms with Gasteiger partial charge in [-0.3, -0.25) is 14.2 Å². The van der Waals surface area contributed by atoms with Crippen LogP contribution >= 0.6 is 7.52 Å². The number of nitrogens with zero attached hydrogens (tertiary/aromatic N) is 7. The van der Waals surface area contributed by atoms with Gasteiger partial charge in [0.2, 0.25) is 0 Å². The van der Waals surface area contributed by atoms with Crippen molar-refractivity contribution in [2.75, 3.05) is 18.6 Å². The van der Waals surface area contributed by atoms with E-state index >= 15 is 0 Å². The number of nitrogens with one attached hydrogen (secondary N) is 1. The molecule has 4 aromatic rings. The largest absolute Gasteiger partial charge is 0.462 e. The van der Waals surface area contributed by atoms with Crippen molar-refractivity contribution in [3.8, 4) is 11.5 Å². The van der Waals surface area contributed by atoms with Crippen molar-refractivity contribution in [3.63, 3.8) is 0 Å². The van der Waals surface area contributed by atoms with Crippen molar-refractivity contribution in [2.24, 2.45) is 5.11 Å². The highest BCUT2D eigenvalue weighted by atomic mass is 31.2. The standard InChI is InChI=1S/C38H54N9O7P/c1-5-16-27(2)52-38(49)29(4)45-55(50,26-51-28(3)23-47-25-43-35-36(39)41-24-42-37(35)47)54-33-21-20-32(30-17-13-14-18-31(30)33)53-34(48)19-12-10-8-6-7-9-11-15-22-44-46-40/h13-14,17-18,20-21,24-25,27-29H,5-12,15-16,19,22-23,26H2,1-4H3,(H,45,50)(H2,39,41,42)/t27-,28+,29-,55?/m0/s1. The molecule has 0 amide bonds. The van der Waals surface area contributed by atoms with E-state index in [1.807, 2.05) is 26.8 Å². The molecule has 0 saturated carbocycles. The zero-order valence-electron chi connectivity index (χ0n) is 32.3. The minimum Gasteiger partial charge on any atom is -0.462 e. The van der Waals surface area contributed by atoms with Crippen LogP contribution in [0.4, 0.5) is 5.82 Å². The van der Waals surface area contributed by atoms with Crippen LogP contribution < -0.4 is 20.1 Å². The number of hydrogen-bond donors (Lipinski definition) is 2. The molecular weight excluding hydrogens is 725 g/mol. The third kappa shape index (κ3) is 13.5. The molecule has 298 valence electrons. The minimum atomic E-state index is -3.96. The van der Waals surface area contributed by atoms with E-state index in [1.165, 1.54) is 6.33 Å². The Morgan fingerprint density at radius 1 is 0.945 bits per heavy atom. The van der Waals surface area contributed by atoms with E-state index in [0.29, 0.717) is 47.2 Å². The van der Waals surface area contributed by atoms with Crippen LogP contribution in [0.5, 0.6) is 11.5 Å². The molecule has 0 bridgehead atoms. The molecule has 4 atom stereocenters. The van der Waals surface area contributed by atoms with E-state index in [0.717, 1.165) is 57.8 Å². The summed E-state index contributed by atoms with van der Waals surface area (Å²) in [4.78, 5) is 41.2. The lowest BCUT2D eigenvalue weighted by molar-refractivity contribution is -0.150. The Morgan fingerprint density at radius 2 is 1.62 bits per heavy atom. The summed E-state index contributed by atoms with van der Waals surface area (Å²) in [7, 11) is -3.96. The molecule has 0 aliphatic heterocycles. The first-order valence-corrected chi connectivity index (χ1v) is 20.9. The third-order valence-electron chi connectivity index (χ3n) is 8.93. The van der Waals surface area contributed by atoms with Gasteiger partial charge in [0.05, 0.1) is 25.1 Å². The molecule has 0 spiro atoms. The fourth-order valence-corrected chi connectivity index (χ4v) is 7.90. The molecule has 17 heteroatoms. The lowest BCUT2D eigenvalue weighted by Crippen LogP contribution is -2.37. The zero-order chi connectivity index (χ0) is 39.6. The molecule has 3 N–H and O–H groups in total. The van der Waals surface area contributed by atoms with E-state index in [9.17, 15) is 14.2 Å². The van der Waals surface area contributed by atoms with Crippen molar-refractivity contribution in [3.05, 3.63) is 59.5 Å². The van der Waals surface area contributed by atoms with Crippen molar-refractivity contribution in [1.82, 2.24) is 24.6 Å². The summed E-state index contributed by atoms with van der Waals surface area (Å²) in [6, 6.07) is 9.44. The second kappa shape index (κ2) is 22.0. The van der Waals surface area contributed by atoms with E-state index in [2.05, 4.69) is 30.1 Å². The van der Waals surface area contributed by atoms with Gasteiger partial charge in [-0.05, 0) is 57.7 Å². The highest BCUT2D eigenvalue weighted by Crippen LogP contribution is 2.47. The number of carbonyl (C=O) groups excluding carboxylic acids is 2. The number of azide groups is 1. The summed E-state index contributed by atoms with van der Waals surface area (Å²) in [5.41, 5.74) is 15.3. The summed E-state index contributed by atoms with van der Waals surface area (Å²) >= 11 is 0. The Hall–Kier alpha value is -4.75. The average Bonchev–Trinajstić information content (AvgIpc) is 3.57. The normalized spacial score (nSPS) is 14.1. The number of imidazole rings is 1. The summed E-state index contributed by atoms with van der Waals surface area (Å²) in [5, 5.41) is 7.61. The maximum Gasteiger partial charge on any atom is 0.342 e. The van der Waals surface area contributed by atoms with Crippen molar-refractivity contribution in [2.45, 2.75) is 123 Å². The van der Waals surface area contributed by atoms with Gasteiger partial charge in [-0.25, -0.2) is 20.0 Å². The Kier molecular flexibility index (Phi) is 17.2. The second-order valence-electron chi connectivity index (χ2n) is 13.7. The molecule has 2 aromatic carbocycles. The summed E-state index contributed by atoms with van der Waals surface area (Å²) in [6.45, 7) is 8.05. The minimum absolute atomic E-state index is 0.257. The topological polar surface area (TPSA) is 219 Å². The predicted octanol–water partition coefficient (Wildman–Crippen LogP) is 8.63. The van der Waals surface area contributed by atoms with E-state index in [1.54, 1.807) is 48.1 Å².